The van der Waals surface area contributed by atoms with Gasteiger partial charge in [0.15, 0.2) is 6.04 Å². The van der Waals surface area contributed by atoms with E-state index in [1.54, 1.807) is 25.3 Å². The minimum absolute atomic E-state index is 0.0611. The van der Waals surface area contributed by atoms with Crippen LogP contribution in [0.4, 0.5) is 5.69 Å². The van der Waals surface area contributed by atoms with Gasteiger partial charge in [-0.3, -0.25) is 4.79 Å². The first-order valence-corrected chi connectivity index (χ1v) is 7.93. The Morgan fingerprint density at radius 3 is 2.48 bits per heavy atom. The second-order valence-electron chi connectivity index (χ2n) is 5.52. The zero-order valence-corrected chi connectivity index (χ0v) is 14.3. The van der Waals surface area contributed by atoms with Gasteiger partial charge in [0.05, 0.1) is 12.1 Å². The predicted octanol–water partition coefficient (Wildman–Crippen LogP) is 3.00. The lowest BCUT2D eigenvalue weighted by Crippen LogP contribution is -2.91. The Bertz CT molecular complexity index is 661. The minimum Gasteiger partial charge on any atom is -0.495 e. The molecule has 122 valence electrons. The molecule has 1 amide bonds. The summed E-state index contributed by atoms with van der Waals surface area (Å²) in [7, 11) is 1.56. The third kappa shape index (κ3) is 4.71. The molecule has 0 radical (unpaired) electrons. The average Bonchev–Trinajstić information content (AvgIpc) is 2.55. The number of nitrogens with one attached hydrogen (secondary N) is 1. The number of halogens is 1. The van der Waals surface area contributed by atoms with E-state index in [2.05, 4.69) is 24.4 Å². The molecule has 0 saturated carbocycles. The first kappa shape index (κ1) is 17.3. The number of ether oxygens (including phenoxy) is 1. The van der Waals surface area contributed by atoms with Crippen LogP contribution in [-0.2, 0) is 4.79 Å². The molecule has 2 rings (SSSR count). The maximum absolute atomic E-state index is 12.3. The molecule has 0 aliphatic heterocycles. The van der Waals surface area contributed by atoms with E-state index in [0.29, 0.717) is 16.5 Å². The summed E-state index contributed by atoms with van der Waals surface area (Å²) in [5.41, 5.74) is 1.85. The van der Waals surface area contributed by atoms with Crippen molar-refractivity contribution in [2.45, 2.75) is 25.9 Å². The fourth-order valence-electron chi connectivity index (χ4n) is 2.39. The van der Waals surface area contributed by atoms with Crippen LogP contribution in [0.25, 0.3) is 0 Å². The number of anilines is 1. The number of rotatable bonds is 6. The Kier molecular flexibility index (Phi) is 6.02. The van der Waals surface area contributed by atoms with Crippen molar-refractivity contribution in [3.8, 4) is 5.75 Å². The van der Waals surface area contributed by atoms with Crippen molar-refractivity contribution >= 4 is 23.2 Å². The monoisotopic (exact) mass is 333 g/mol. The molecule has 0 aliphatic rings. The van der Waals surface area contributed by atoms with Crippen molar-refractivity contribution in [3.63, 3.8) is 0 Å². The highest BCUT2D eigenvalue weighted by molar-refractivity contribution is 6.32. The summed E-state index contributed by atoms with van der Waals surface area (Å²) in [4.78, 5) is 12.3. The second kappa shape index (κ2) is 7.99. The summed E-state index contributed by atoms with van der Waals surface area (Å²) in [6.45, 7) is 3.98. The van der Waals surface area contributed by atoms with Crippen molar-refractivity contribution in [2.75, 3.05) is 12.4 Å². The molecule has 3 N–H and O–H groups in total. The number of quaternary nitrogens is 1. The summed E-state index contributed by atoms with van der Waals surface area (Å²) in [6.07, 6.45) is 0. The molecule has 0 unspecified atom stereocenters. The van der Waals surface area contributed by atoms with Crippen LogP contribution in [0.2, 0.25) is 5.02 Å². The topological polar surface area (TPSA) is 54.9 Å². The lowest BCUT2D eigenvalue weighted by Gasteiger charge is -2.17. The van der Waals surface area contributed by atoms with Gasteiger partial charge in [0.2, 0.25) is 0 Å². The normalized spacial score (nSPS) is 13.2. The summed E-state index contributed by atoms with van der Waals surface area (Å²) >= 11 is 6.07. The molecule has 0 heterocycles. The molecule has 0 aliphatic carbocycles. The Morgan fingerprint density at radius 1 is 1.17 bits per heavy atom. The summed E-state index contributed by atoms with van der Waals surface area (Å²) in [5, 5.41) is 5.39. The summed E-state index contributed by atoms with van der Waals surface area (Å²) in [5.74, 6) is 0.524. The van der Waals surface area contributed by atoms with E-state index >= 15 is 0 Å². The molecule has 0 spiro atoms. The van der Waals surface area contributed by atoms with Crippen LogP contribution in [0.5, 0.6) is 5.75 Å². The number of amides is 1. The van der Waals surface area contributed by atoms with E-state index < -0.39 is 0 Å². The van der Waals surface area contributed by atoms with Crippen molar-refractivity contribution < 1.29 is 14.8 Å². The van der Waals surface area contributed by atoms with Crippen LogP contribution in [0.3, 0.4) is 0 Å². The second-order valence-corrected chi connectivity index (χ2v) is 5.93. The molecule has 4 nitrogen and oxygen atoms in total. The smallest absolute Gasteiger partial charge is 0.282 e. The number of carbonyl (C=O) groups is 1. The maximum Gasteiger partial charge on any atom is 0.282 e. The molecule has 0 fully saturated rings. The van der Waals surface area contributed by atoms with Gasteiger partial charge in [0, 0.05) is 11.3 Å². The van der Waals surface area contributed by atoms with Crippen LogP contribution in [-0.4, -0.2) is 19.1 Å². The number of hydrogen-bond donors (Lipinski definition) is 2. The molecule has 2 aromatic rings. The molecular weight excluding hydrogens is 312 g/mol. The number of methoxy groups -OCH3 is 1. The van der Waals surface area contributed by atoms with Crippen LogP contribution in [0.15, 0.2) is 48.5 Å². The molecule has 5 heteroatoms. The van der Waals surface area contributed by atoms with E-state index in [0.717, 1.165) is 0 Å². The van der Waals surface area contributed by atoms with Crippen LogP contribution < -0.4 is 15.4 Å². The van der Waals surface area contributed by atoms with Gasteiger partial charge in [-0.05, 0) is 32.0 Å². The Labute approximate surface area is 141 Å². The first-order chi connectivity index (χ1) is 11.0. The van der Waals surface area contributed by atoms with Gasteiger partial charge in [0.25, 0.3) is 5.91 Å². The quantitative estimate of drug-likeness (QED) is 0.853. The van der Waals surface area contributed by atoms with Crippen LogP contribution >= 0.6 is 11.6 Å². The van der Waals surface area contributed by atoms with Gasteiger partial charge in [-0.2, -0.15) is 0 Å². The van der Waals surface area contributed by atoms with E-state index in [4.69, 9.17) is 16.3 Å². The van der Waals surface area contributed by atoms with Gasteiger partial charge in [0.1, 0.15) is 11.8 Å². The Morgan fingerprint density at radius 2 is 1.87 bits per heavy atom. The number of carbonyl (C=O) groups excluding carboxylic acids is 1. The largest absolute Gasteiger partial charge is 0.495 e. The van der Waals surface area contributed by atoms with Gasteiger partial charge < -0.3 is 15.4 Å². The zero-order valence-electron chi connectivity index (χ0n) is 13.5. The fourth-order valence-corrected chi connectivity index (χ4v) is 2.65. The highest BCUT2D eigenvalue weighted by Crippen LogP contribution is 2.27. The van der Waals surface area contributed by atoms with Crippen molar-refractivity contribution in [1.29, 1.82) is 0 Å². The molecule has 0 bridgehead atoms. The standard InChI is InChI=1S/C18H21ClN2O2/c1-12(14-7-5-4-6-8-14)20-13(2)18(22)21-15-9-10-17(23-3)16(19)11-15/h4-13,20H,1-3H3,(H,21,22)/p+1/t12-,13+/m1/s1. The first-order valence-electron chi connectivity index (χ1n) is 7.55. The third-order valence-corrected chi connectivity index (χ3v) is 4.03. The minimum atomic E-state index is -0.217. The molecular formula is C18H22ClN2O2+. The van der Waals surface area contributed by atoms with Crippen LogP contribution in [0, 0.1) is 0 Å². The lowest BCUT2D eigenvalue weighted by atomic mass is 10.1. The van der Waals surface area contributed by atoms with E-state index in [1.165, 1.54) is 5.56 Å². The lowest BCUT2D eigenvalue weighted by molar-refractivity contribution is -0.709. The average molecular weight is 334 g/mol. The van der Waals surface area contributed by atoms with Gasteiger partial charge in [-0.25, -0.2) is 0 Å². The van der Waals surface area contributed by atoms with Gasteiger partial charge in [-0.1, -0.05) is 41.9 Å². The molecule has 0 saturated heterocycles. The van der Waals surface area contributed by atoms with Crippen molar-refractivity contribution in [3.05, 3.63) is 59.1 Å². The summed E-state index contributed by atoms with van der Waals surface area (Å²) in [6, 6.07) is 15.3. The number of hydrogen-bond acceptors (Lipinski definition) is 2. The third-order valence-electron chi connectivity index (χ3n) is 3.74. The van der Waals surface area contributed by atoms with E-state index in [-0.39, 0.29) is 18.0 Å². The van der Waals surface area contributed by atoms with Crippen molar-refractivity contribution in [2.24, 2.45) is 0 Å². The number of nitrogens with two attached hydrogens (primary N) is 1. The molecule has 2 atom stereocenters. The molecule has 23 heavy (non-hydrogen) atoms. The predicted molar refractivity (Wildman–Crippen MR) is 92.9 cm³/mol. The van der Waals surface area contributed by atoms with Gasteiger partial charge >= 0.3 is 0 Å². The maximum atomic E-state index is 12.3. The highest BCUT2D eigenvalue weighted by atomic mass is 35.5. The van der Waals surface area contributed by atoms with Crippen LogP contribution in [0.1, 0.15) is 25.5 Å². The Balaban J connectivity index is 1.96. The van der Waals surface area contributed by atoms with E-state index in [1.807, 2.05) is 30.4 Å². The fraction of sp³-hybridized carbons (Fsp3) is 0.278. The highest BCUT2D eigenvalue weighted by Gasteiger charge is 2.20. The van der Waals surface area contributed by atoms with Gasteiger partial charge in [-0.15, -0.1) is 0 Å². The molecule has 0 aromatic heterocycles. The zero-order chi connectivity index (χ0) is 16.8. The number of benzene rings is 2. The summed E-state index contributed by atoms with van der Waals surface area (Å²) < 4.78 is 5.10. The van der Waals surface area contributed by atoms with E-state index in [9.17, 15) is 4.79 Å². The SMILES string of the molecule is COc1ccc(NC(=O)[C@H](C)[NH2+][C@H](C)c2ccccc2)cc1Cl. The van der Waals surface area contributed by atoms with Crippen molar-refractivity contribution in [1.82, 2.24) is 0 Å². The molecule has 2 aromatic carbocycles. The Hall–Kier alpha value is -2.04.